The van der Waals surface area contributed by atoms with Crippen molar-refractivity contribution in [1.82, 2.24) is 9.97 Å². The van der Waals surface area contributed by atoms with Gasteiger partial charge in [-0.3, -0.25) is 0 Å². The van der Waals surface area contributed by atoms with Crippen LogP contribution in [0, 0.1) is 6.92 Å². The number of hydrogen-bond acceptors (Lipinski definition) is 5. The number of hydrogen-bond donors (Lipinski definition) is 3. The monoisotopic (exact) mass is 277 g/mol. The topological polar surface area (TPSA) is 75.9 Å². The fourth-order valence-electron chi connectivity index (χ4n) is 1.67. The average Bonchev–Trinajstić information content (AvgIpc) is 2.42. The van der Waals surface area contributed by atoms with Crippen molar-refractivity contribution in [2.24, 2.45) is 5.84 Å². The Hall–Kier alpha value is -1.85. The molecule has 0 unspecified atom stereocenters. The summed E-state index contributed by atoms with van der Waals surface area (Å²) in [5, 5.41) is 3.83. The highest BCUT2D eigenvalue weighted by molar-refractivity contribution is 6.33. The fraction of sp³-hybridized carbons (Fsp3) is 0.231. The first-order valence-electron chi connectivity index (χ1n) is 6.00. The maximum absolute atomic E-state index is 6.15. The van der Waals surface area contributed by atoms with E-state index in [9.17, 15) is 0 Å². The predicted molar refractivity (Wildman–Crippen MR) is 78.7 cm³/mol. The Kier molecular flexibility index (Phi) is 4.19. The molecule has 0 atom stereocenters. The summed E-state index contributed by atoms with van der Waals surface area (Å²) in [6.45, 7) is 3.99. The number of nitrogen functional groups attached to an aromatic ring is 1. The largest absolute Gasteiger partial charge is 0.339 e. The zero-order valence-corrected chi connectivity index (χ0v) is 11.6. The quantitative estimate of drug-likeness (QED) is 0.592. The maximum atomic E-state index is 6.15. The zero-order chi connectivity index (χ0) is 13.8. The van der Waals surface area contributed by atoms with Gasteiger partial charge in [0, 0.05) is 12.5 Å². The Bertz CT molecular complexity index is 563. The van der Waals surface area contributed by atoms with Gasteiger partial charge < -0.3 is 10.7 Å². The van der Waals surface area contributed by atoms with Gasteiger partial charge in [-0.25, -0.2) is 15.8 Å². The maximum Gasteiger partial charge on any atom is 0.145 e. The van der Waals surface area contributed by atoms with Crippen LogP contribution in [0.25, 0.3) is 0 Å². The molecule has 0 saturated carbocycles. The minimum absolute atomic E-state index is 0.568. The van der Waals surface area contributed by atoms with Crippen LogP contribution in [0.3, 0.4) is 0 Å². The molecule has 1 aromatic carbocycles. The smallest absolute Gasteiger partial charge is 0.145 e. The average molecular weight is 278 g/mol. The summed E-state index contributed by atoms with van der Waals surface area (Å²) >= 11 is 6.15. The number of aromatic nitrogens is 2. The lowest BCUT2D eigenvalue weighted by molar-refractivity contribution is 0.941. The summed E-state index contributed by atoms with van der Waals surface area (Å²) in [7, 11) is 0. The van der Waals surface area contributed by atoms with E-state index in [1.165, 1.54) is 0 Å². The molecule has 6 heteroatoms. The number of anilines is 3. The molecule has 1 aromatic heterocycles. The van der Waals surface area contributed by atoms with Crippen molar-refractivity contribution in [2.45, 2.75) is 20.3 Å². The van der Waals surface area contributed by atoms with Gasteiger partial charge in [-0.05, 0) is 24.6 Å². The van der Waals surface area contributed by atoms with Crippen LogP contribution in [-0.4, -0.2) is 9.97 Å². The lowest BCUT2D eigenvalue weighted by Crippen LogP contribution is -2.11. The first kappa shape index (κ1) is 13.6. The van der Waals surface area contributed by atoms with Crippen LogP contribution in [0.15, 0.2) is 24.3 Å². The highest BCUT2D eigenvalue weighted by Gasteiger charge is 2.06. The number of halogens is 1. The van der Waals surface area contributed by atoms with E-state index in [1.807, 2.05) is 32.0 Å². The molecule has 0 aliphatic carbocycles. The molecule has 2 rings (SSSR count). The molecule has 1 heterocycles. The highest BCUT2D eigenvalue weighted by atomic mass is 35.5. The van der Waals surface area contributed by atoms with Crippen molar-refractivity contribution in [1.29, 1.82) is 0 Å². The number of benzene rings is 1. The highest BCUT2D eigenvalue weighted by Crippen LogP contribution is 2.26. The van der Waals surface area contributed by atoms with Crippen LogP contribution in [0.1, 0.15) is 18.3 Å². The molecular formula is C13H16ClN5. The minimum atomic E-state index is 0.568. The summed E-state index contributed by atoms with van der Waals surface area (Å²) in [5.41, 5.74) is 4.46. The van der Waals surface area contributed by atoms with E-state index in [2.05, 4.69) is 20.7 Å². The molecule has 0 radical (unpaired) electrons. The third-order valence-corrected chi connectivity index (χ3v) is 2.95. The summed E-state index contributed by atoms with van der Waals surface area (Å²) in [5.74, 6) is 7.33. The van der Waals surface area contributed by atoms with Gasteiger partial charge in [-0.15, -0.1) is 0 Å². The first-order chi connectivity index (χ1) is 9.12. The number of nitrogens with zero attached hydrogens (tertiary/aromatic N) is 2. The van der Waals surface area contributed by atoms with Gasteiger partial charge in [0.15, 0.2) is 0 Å². The van der Waals surface area contributed by atoms with Crippen LogP contribution in [0.5, 0.6) is 0 Å². The van der Waals surface area contributed by atoms with Gasteiger partial charge in [0.25, 0.3) is 0 Å². The Morgan fingerprint density at radius 2 is 1.95 bits per heavy atom. The second-order valence-corrected chi connectivity index (χ2v) is 4.57. The molecular weight excluding hydrogens is 262 g/mol. The number of rotatable bonds is 4. The number of nitrogens with one attached hydrogen (secondary N) is 2. The molecule has 100 valence electrons. The van der Waals surface area contributed by atoms with Crippen LogP contribution in [-0.2, 0) is 6.42 Å². The van der Waals surface area contributed by atoms with Crippen molar-refractivity contribution >= 4 is 28.9 Å². The molecule has 0 bridgehead atoms. The zero-order valence-electron chi connectivity index (χ0n) is 10.9. The van der Waals surface area contributed by atoms with Gasteiger partial charge in [-0.1, -0.05) is 24.6 Å². The van der Waals surface area contributed by atoms with Crippen LogP contribution < -0.4 is 16.6 Å². The first-order valence-corrected chi connectivity index (χ1v) is 6.38. The van der Waals surface area contributed by atoms with Crippen LogP contribution >= 0.6 is 11.6 Å². The van der Waals surface area contributed by atoms with E-state index < -0.39 is 0 Å². The fourth-order valence-corrected chi connectivity index (χ4v) is 1.83. The van der Waals surface area contributed by atoms with Gasteiger partial charge in [0.2, 0.25) is 0 Å². The van der Waals surface area contributed by atoms with Gasteiger partial charge in [0.1, 0.15) is 17.5 Å². The Balaban J connectivity index is 2.34. The van der Waals surface area contributed by atoms with Crippen molar-refractivity contribution in [3.05, 3.63) is 40.7 Å². The van der Waals surface area contributed by atoms with Gasteiger partial charge >= 0.3 is 0 Å². The SMILES string of the molecule is CCc1nc(NN)cc(Nc2cc(C)ccc2Cl)n1. The molecule has 19 heavy (non-hydrogen) atoms. The molecule has 5 nitrogen and oxygen atoms in total. The predicted octanol–water partition coefficient (Wildman–Crippen LogP) is 3.03. The van der Waals surface area contributed by atoms with Crippen LogP contribution in [0.2, 0.25) is 5.02 Å². The normalized spacial score (nSPS) is 10.3. The van der Waals surface area contributed by atoms with E-state index in [0.29, 0.717) is 22.5 Å². The van der Waals surface area contributed by atoms with Crippen LogP contribution in [0.4, 0.5) is 17.3 Å². The summed E-state index contributed by atoms with van der Waals surface area (Å²) in [6, 6.07) is 7.50. The van der Waals surface area contributed by atoms with Crippen molar-refractivity contribution in [3.8, 4) is 0 Å². The number of aryl methyl sites for hydroxylation is 2. The molecule has 0 fully saturated rings. The number of nitrogens with two attached hydrogens (primary N) is 1. The molecule has 0 aliphatic rings. The second kappa shape index (κ2) is 5.86. The second-order valence-electron chi connectivity index (χ2n) is 4.16. The van der Waals surface area contributed by atoms with E-state index in [1.54, 1.807) is 6.07 Å². The van der Waals surface area contributed by atoms with Gasteiger partial charge in [-0.2, -0.15) is 0 Å². The minimum Gasteiger partial charge on any atom is -0.339 e. The molecule has 0 aliphatic heterocycles. The van der Waals surface area contributed by atoms with E-state index in [0.717, 1.165) is 17.7 Å². The van der Waals surface area contributed by atoms with E-state index in [4.69, 9.17) is 17.4 Å². The van der Waals surface area contributed by atoms with Gasteiger partial charge in [0.05, 0.1) is 10.7 Å². The third kappa shape index (κ3) is 3.33. The number of hydrazine groups is 1. The Morgan fingerprint density at radius 1 is 1.21 bits per heavy atom. The van der Waals surface area contributed by atoms with Crippen molar-refractivity contribution < 1.29 is 0 Å². The lowest BCUT2D eigenvalue weighted by Gasteiger charge is -2.11. The molecule has 0 saturated heterocycles. The van der Waals surface area contributed by atoms with E-state index in [-0.39, 0.29) is 0 Å². The summed E-state index contributed by atoms with van der Waals surface area (Å²) in [4.78, 5) is 8.62. The summed E-state index contributed by atoms with van der Waals surface area (Å²) < 4.78 is 0. The summed E-state index contributed by atoms with van der Waals surface area (Å²) in [6.07, 6.45) is 0.728. The van der Waals surface area contributed by atoms with Crippen molar-refractivity contribution in [3.63, 3.8) is 0 Å². The Labute approximate surface area is 117 Å². The molecule has 2 aromatic rings. The third-order valence-electron chi connectivity index (χ3n) is 2.62. The molecule has 0 spiro atoms. The lowest BCUT2D eigenvalue weighted by atomic mass is 10.2. The standard InChI is InChI=1S/C13H16ClN5/c1-3-11-17-12(7-13(18-11)19-15)16-10-6-8(2)4-5-9(10)14/h4-7H,3,15H2,1-2H3,(H2,16,17,18,19). The Morgan fingerprint density at radius 3 is 2.63 bits per heavy atom. The van der Waals surface area contributed by atoms with E-state index >= 15 is 0 Å². The molecule has 0 amide bonds. The van der Waals surface area contributed by atoms with Crippen molar-refractivity contribution in [2.75, 3.05) is 10.7 Å². The molecule has 4 N–H and O–H groups in total.